The summed E-state index contributed by atoms with van der Waals surface area (Å²) in [6, 6.07) is 8.20. The van der Waals surface area contributed by atoms with Crippen molar-refractivity contribution in [2.24, 2.45) is 0 Å². The number of hydrogen-bond acceptors (Lipinski definition) is 7. The monoisotopic (exact) mass is 456 g/mol. The first-order valence-corrected chi connectivity index (χ1v) is 10.7. The Balaban J connectivity index is 1.51. The van der Waals surface area contributed by atoms with Crippen molar-refractivity contribution in [2.75, 3.05) is 32.8 Å². The molecule has 2 aromatic rings. The topological polar surface area (TPSA) is 117 Å². The van der Waals surface area contributed by atoms with E-state index in [2.05, 4.69) is 0 Å². The van der Waals surface area contributed by atoms with Crippen molar-refractivity contribution in [1.29, 1.82) is 0 Å². The number of nitrogens with zero attached hydrogens (tertiary/aromatic N) is 2. The number of rotatable bonds is 5. The van der Waals surface area contributed by atoms with E-state index >= 15 is 0 Å². The molecule has 2 fully saturated rings. The number of benzene rings is 1. The normalized spacial score (nSPS) is 18.0. The van der Waals surface area contributed by atoms with Crippen LogP contribution in [0.1, 0.15) is 21.7 Å². The Kier molecular flexibility index (Phi) is 6.15. The molecule has 1 aromatic carbocycles. The van der Waals surface area contributed by atoms with Gasteiger partial charge in [0.1, 0.15) is 18.1 Å². The summed E-state index contributed by atoms with van der Waals surface area (Å²) < 4.78 is 11.0. The van der Waals surface area contributed by atoms with Crippen LogP contribution in [-0.4, -0.2) is 70.8 Å². The van der Waals surface area contributed by atoms with Crippen LogP contribution >= 0.6 is 11.8 Å². The van der Waals surface area contributed by atoms with E-state index in [1.807, 2.05) is 0 Å². The minimum absolute atomic E-state index is 0.154. The lowest BCUT2D eigenvalue weighted by molar-refractivity contribution is -0.139. The number of carbonyl (C=O) groups excluding carboxylic acids is 3. The molecule has 3 amide bonds. The smallest absolute Gasteiger partial charge is 0.335 e. The first kappa shape index (κ1) is 21.8. The lowest BCUT2D eigenvalue weighted by Crippen LogP contribution is -2.46. The van der Waals surface area contributed by atoms with E-state index in [0.717, 1.165) is 16.7 Å². The van der Waals surface area contributed by atoms with Gasteiger partial charge in [0.2, 0.25) is 5.91 Å². The quantitative estimate of drug-likeness (QED) is 0.683. The third-order valence-corrected chi connectivity index (χ3v) is 6.17. The van der Waals surface area contributed by atoms with Gasteiger partial charge in [0, 0.05) is 24.7 Å². The van der Waals surface area contributed by atoms with Crippen LogP contribution in [0.3, 0.4) is 0 Å². The van der Waals surface area contributed by atoms with Crippen molar-refractivity contribution in [1.82, 2.24) is 9.80 Å². The molecule has 1 N–H and O–H groups in total. The largest absolute Gasteiger partial charge is 0.478 e. The predicted octanol–water partition coefficient (Wildman–Crippen LogP) is 2.85. The highest BCUT2D eigenvalue weighted by Gasteiger charge is 2.37. The van der Waals surface area contributed by atoms with Gasteiger partial charge in [-0.1, -0.05) is 12.1 Å². The van der Waals surface area contributed by atoms with E-state index in [1.54, 1.807) is 36.1 Å². The first-order chi connectivity index (χ1) is 15.3. The van der Waals surface area contributed by atoms with E-state index < -0.39 is 17.1 Å². The third kappa shape index (κ3) is 4.32. The average molecular weight is 456 g/mol. The number of carboxylic acids is 1. The summed E-state index contributed by atoms with van der Waals surface area (Å²) >= 11 is 0.745. The maximum absolute atomic E-state index is 12.7. The van der Waals surface area contributed by atoms with Crippen LogP contribution in [0.5, 0.6) is 0 Å². The molecule has 9 nitrogen and oxygen atoms in total. The van der Waals surface area contributed by atoms with Gasteiger partial charge in [0.15, 0.2) is 0 Å². The number of carboxylic acid groups (broad SMARTS) is 1. The third-order valence-electron chi connectivity index (χ3n) is 5.26. The second-order valence-corrected chi connectivity index (χ2v) is 8.24. The molecule has 0 saturated carbocycles. The Morgan fingerprint density at radius 1 is 1.16 bits per heavy atom. The first-order valence-electron chi connectivity index (χ1n) is 9.89. The zero-order chi connectivity index (χ0) is 22.8. The standard InChI is InChI=1S/C22H20N2O7S/c1-13-15(3-2-4-16(13)21(27)28)17-6-5-14(31-17)11-18-20(26)24(22(29)32-18)12-19(25)23-7-9-30-10-8-23/h2-6,11H,7-10,12H2,1H3,(H,27,28). The summed E-state index contributed by atoms with van der Waals surface area (Å²) in [5.41, 5.74) is 1.35. The minimum Gasteiger partial charge on any atom is -0.478 e. The Morgan fingerprint density at radius 3 is 2.62 bits per heavy atom. The molecule has 32 heavy (non-hydrogen) atoms. The van der Waals surface area contributed by atoms with Gasteiger partial charge in [-0.3, -0.25) is 19.3 Å². The van der Waals surface area contributed by atoms with Crippen molar-refractivity contribution >= 4 is 40.9 Å². The Bertz CT molecular complexity index is 1130. The van der Waals surface area contributed by atoms with E-state index in [4.69, 9.17) is 9.15 Å². The molecule has 0 unspecified atom stereocenters. The van der Waals surface area contributed by atoms with Crippen molar-refractivity contribution in [3.05, 3.63) is 52.1 Å². The summed E-state index contributed by atoms with van der Waals surface area (Å²) in [6.07, 6.45) is 1.45. The van der Waals surface area contributed by atoms with E-state index in [1.165, 1.54) is 12.1 Å². The van der Waals surface area contributed by atoms with Gasteiger partial charge in [-0.15, -0.1) is 0 Å². The van der Waals surface area contributed by atoms with Gasteiger partial charge in [-0.25, -0.2) is 4.79 Å². The fraction of sp³-hybridized carbons (Fsp3) is 0.273. The van der Waals surface area contributed by atoms with Crippen molar-refractivity contribution in [2.45, 2.75) is 6.92 Å². The van der Waals surface area contributed by atoms with Crippen LogP contribution < -0.4 is 0 Å². The lowest BCUT2D eigenvalue weighted by atomic mass is 10.0. The summed E-state index contributed by atoms with van der Waals surface area (Å²) in [7, 11) is 0. The lowest BCUT2D eigenvalue weighted by Gasteiger charge is -2.27. The highest BCUT2D eigenvalue weighted by Crippen LogP contribution is 2.34. The highest BCUT2D eigenvalue weighted by molar-refractivity contribution is 8.18. The zero-order valence-corrected chi connectivity index (χ0v) is 18.0. The van der Waals surface area contributed by atoms with E-state index in [0.29, 0.717) is 49.0 Å². The van der Waals surface area contributed by atoms with Crippen molar-refractivity contribution < 1.29 is 33.4 Å². The number of carbonyl (C=O) groups is 4. The number of hydrogen-bond donors (Lipinski definition) is 1. The maximum Gasteiger partial charge on any atom is 0.335 e. The molecule has 2 aliphatic heterocycles. The Morgan fingerprint density at radius 2 is 1.91 bits per heavy atom. The van der Waals surface area contributed by atoms with Crippen molar-refractivity contribution in [3.63, 3.8) is 0 Å². The number of imide groups is 1. The highest BCUT2D eigenvalue weighted by atomic mass is 32.2. The molecule has 1 aromatic heterocycles. The van der Waals surface area contributed by atoms with Crippen LogP contribution in [0.25, 0.3) is 17.4 Å². The Labute approximate surface area is 187 Å². The second kappa shape index (κ2) is 9.01. The van der Waals surface area contributed by atoms with Crippen LogP contribution in [-0.2, 0) is 14.3 Å². The molecular weight excluding hydrogens is 436 g/mol. The van der Waals surface area contributed by atoms with Gasteiger partial charge >= 0.3 is 5.97 Å². The van der Waals surface area contributed by atoms with Gasteiger partial charge in [0.25, 0.3) is 11.1 Å². The van der Waals surface area contributed by atoms with Gasteiger partial charge in [0.05, 0.1) is 23.7 Å². The van der Waals surface area contributed by atoms with Crippen LogP contribution in [0.2, 0.25) is 0 Å². The second-order valence-electron chi connectivity index (χ2n) is 7.25. The number of morpholine rings is 1. The van der Waals surface area contributed by atoms with E-state index in [-0.39, 0.29) is 22.9 Å². The predicted molar refractivity (Wildman–Crippen MR) is 116 cm³/mol. The molecule has 2 saturated heterocycles. The molecular formula is C22H20N2O7S. The summed E-state index contributed by atoms with van der Waals surface area (Å²) in [5, 5.41) is 8.79. The number of amides is 3. The van der Waals surface area contributed by atoms with Gasteiger partial charge in [-0.05, 0) is 42.4 Å². The van der Waals surface area contributed by atoms with Crippen LogP contribution in [0.15, 0.2) is 39.7 Å². The fourth-order valence-corrected chi connectivity index (χ4v) is 4.34. The van der Waals surface area contributed by atoms with Gasteiger partial charge < -0.3 is 19.2 Å². The molecule has 0 aliphatic carbocycles. The summed E-state index contributed by atoms with van der Waals surface area (Å²) in [4.78, 5) is 51.5. The van der Waals surface area contributed by atoms with Crippen LogP contribution in [0.4, 0.5) is 4.79 Å². The van der Waals surface area contributed by atoms with E-state index in [9.17, 15) is 24.3 Å². The molecule has 10 heteroatoms. The minimum atomic E-state index is -1.03. The molecule has 4 rings (SSSR count). The van der Waals surface area contributed by atoms with Gasteiger partial charge in [-0.2, -0.15) is 0 Å². The molecule has 166 valence electrons. The number of furan rings is 1. The fourth-order valence-electron chi connectivity index (χ4n) is 3.52. The SMILES string of the molecule is Cc1c(C(=O)O)cccc1-c1ccc(C=C2SC(=O)N(CC(=O)N3CCOCC3)C2=O)o1. The van der Waals surface area contributed by atoms with Crippen molar-refractivity contribution in [3.8, 4) is 11.3 Å². The summed E-state index contributed by atoms with van der Waals surface area (Å²) in [5.74, 6) is -1.10. The number of aromatic carboxylic acids is 1. The maximum atomic E-state index is 12.7. The molecule has 0 spiro atoms. The average Bonchev–Trinajstić information content (AvgIpc) is 3.34. The number of ether oxygens (including phenoxy) is 1. The molecule has 0 radical (unpaired) electrons. The van der Waals surface area contributed by atoms with Crippen LogP contribution in [0, 0.1) is 6.92 Å². The number of thioether (sulfide) groups is 1. The zero-order valence-electron chi connectivity index (χ0n) is 17.2. The molecule has 2 aliphatic rings. The molecule has 3 heterocycles. The molecule has 0 atom stereocenters. The summed E-state index contributed by atoms with van der Waals surface area (Å²) in [6.45, 7) is 3.11. The Hall–Kier alpha value is -3.37. The molecule has 0 bridgehead atoms.